The molecular weight excluding hydrogens is 386 g/mol. The average molecular weight is 411 g/mol. The SMILES string of the molecule is Cc1cnc(NC2Cc3ccccc3C2)c(=O)n1CC(=O)NCC1CNC(=N)NO1. The fourth-order valence-electron chi connectivity index (χ4n) is 3.70. The van der Waals surface area contributed by atoms with Crippen molar-refractivity contribution < 1.29 is 9.63 Å². The Balaban J connectivity index is 1.37. The smallest absolute Gasteiger partial charge is 0.293 e. The van der Waals surface area contributed by atoms with Crippen molar-refractivity contribution in [1.29, 1.82) is 5.41 Å². The van der Waals surface area contributed by atoms with Gasteiger partial charge in [-0.25, -0.2) is 10.5 Å². The summed E-state index contributed by atoms with van der Waals surface area (Å²) in [6.45, 7) is 2.32. The zero-order chi connectivity index (χ0) is 21.1. The summed E-state index contributed by atoms with van der Waals surface area (Å²) in [6, 6.07) is 8.35. The topological polar surface area (TPSA) is 133 Å². The van der Waals surface area contributed by atoms with Gasteiger partial charge in [0.1, 0.15) is 12.6 Å². The van der Waals surface area contributed by atoms with Crippen LogP contribution in [0, 0.1) is 12.3 Å². The summed E-state index contributed by atoms with van der Waals surface area (Å²) < 4.78 is 1.42. The van der Waals surface area contributed by atoms with E-state index in [1.807, 2.05) is 12.1 Å². The highest BCUT2D eigenvalue weighted by atomic mass is 16.7. The maximum absolute atomic E-state index is 12.9. The highest BCUT2D eigenvalue weighted by Crippen LogP contribution is 2.23. The van der Waals surface area contributed by atoms with Gasteiger partial charge in [-0.15, -0.1) is 0 Å². The molecule has 1 aliphatic carbocycles. The fraction of sp³-hybridized carbons (Fsp3) is 0.400. The number of rotatable bonds is 6. The first kappa shape index (κ1) is 19.9. The molecule has 10 nitrogen and oxygen atoms in total. The molecule has 2 aliphatic rings. The predicted molar refractivity (Wildman–Crippen MR) is 111 cm³/mol. The van der Waals surface area contributed by atoms with Gasteiger partial charge in [0.25, 0.3) is 5.56 Å². The van der Waals surface area contributed by atoms with Crippen LogP contribution in [0.1, 0.15) is 16.8 Å². The van der Waals surface area contributed by atoms with E-state index >= 15 is 0 Å². The van der Waals surface area contributed by atoms with E-state index < -0.39 is 0 Å². The summed E-state index contributed by atoms with van der Waals surface area (Å²) in [7, 11) is 0. The number of benzene rings is 1. The highest BCUT2D eigenvalue weighted by molar-refractivity contribution is 5.76. The third-order valence-corrected chi connectivity index (χ3v) is 5.31. The Morgan fingerprint density at radius 2 is 2.07 bits per heavy atom. The lowest BCUT2D eigenvalue weighted by molar-refractivity contribution is -0.122. The van der Waals surface area contributed by atoms with Crippen LogP contribution in [0.2, 0.25) is 0 Å². The normalized spacial score (nSPS) is 18.3. The largest absolute Gasteiger partial charge is 0.362 e. The van der Waals surface area contributed by atoms with Crippen molar-refractivity contribution in [2.24, 2.45) is 0 Å². The fourth-order valence-corrected chi connectivity index (χ4v) is 3.70. The first-order chi connectivity index (χ1) is 14.5. The van der Waals surface area contributed by atoms with Crippen molar-refractivity contribution in [1.82, 2.24) is 25.7 Å². The first-order valence-corrected chi connectivity index (χ1v) is 9.90. The minimum absolute atomic E-state index is 0.0851. The Bertz CT molecular complexity index is 985. The summed E-state index contributed by atoms with van der Waals surface area (Å²) >= 11 is 0. The molecule has 10 heteroatoms. The van der Waals surface area contributed by atoms with Gasteiger partial charge < -0.3 is 16.0 Å². The number of nitrogens with one attached hydrogen (secondary N) is 5. The summed E-state index contributed by atoms with van der Waals surface area (Å²) in [5, 5.41) is 16.2. The van der Waals surface area contributed by atoms with Crippen molar-refractivity contribution in [3.8, 4) is 0 Å². The Morgan fingerprint density at radius 1 is 1.33 bits per heavy atom. The Labute approximate surface area is 173 Å². The van der Waals surface area contributed by atoms with Crippen LogP contribution in [0.4, 0.5) is 5.82 Å². The highest BCUT2D eigenvalue weighted by Gasteiger charge is 2.23. The standard InChI is InChI=1S/C20H25N7O3/c1-12-8-23-18(25-15-6-13-4-2-3-5-14(13)7-15)19(29)27(12)11-17(28)22-9-16-10-24-20(21)26-30-16/h2-5,8,15-16H,6-7,9-11H2,1H3,(H,22,28)(H,23,25)(H3,21,24,26). The van der Waals surface area contributed by atoms with Crippen LogP contribution in [0.3, 0.4) is 0 Å². The van der Waals surface area contributed by atoms with Gasteiger partial charge in [0.15, 0.2) is 5.82 Å². The summed E-state index contributed by atoms with van der Waals surface area (Å²) in [6.07, 6.45) is 2.97. The van der Waals surface area contributed by atoms with E-state index in [1.54, 1.807) is 13.1 Å². The van der Waals surface area contributed by atoms with Gasteiger partial charge in [-0.2, -0.15) is 0 Å². The van der Waals surface area contributed by atoms with E-state index in [1.165, 1.54) is 15.7 Å². The lowest BCUT2D eigenvalue weighted by atomic mass is 10.1. The molecule has 4 rings (SSSR count). The number of aryl methyl sites for hydroxylation is 1. The minimum atomic E-state index is -0.313. The second-order valence-corrected chi connectivity index (χ2v) is 7.56. The van der Waals surface area contributed by atoms with Crippen LogP contribution < -0.4 is 27.0 Å². The van der Waals surface area contributed by atoms with Gasteiger partial charge in [-0.05, 0) is 30.9 Å². The number of aromatic nitrogens is 2. The maximum Gasteiger partial charge on any atom is 0.293 e. The summed E-state index contributed by atoms with van der Waals surface area (Å²) in [5.41, 5.74) is 5.29. The van der Waals surface area contributed by atoms with Crippen molar-refractivity contribution >= 4 is 17.7 Å². The van der Waals surface area contributed by atoms with E-state index in [9.17, 15) is 9.59 Å². The Morgan fingerprint density at radius 3 is 2.73 bits per heavy atom. The first-order valence-electron chi connectivity index (χ1n) is 9.90. The molecule has 1 aliphatic heterocycles. The van der Waals surface area contributed by atoms with Gasteiger partial charge >= 0.3 is 0 Å². The number of hydroxylamine groups is 1. The van der Waals surface area contributed by atoms with Crippen molar-refractivity contribution in [2.45, 2.75) is 38.5 Å². The molecule has 158 valence electrons. The molecule has 5 N–H and O–H groups in total. The van der Waals surface area contributed by atoms with Gasteiger partial charge in [0.2, 0.25) is 11.9 Å². The summed E-state index contributed by atoms with van der Waals surface area (Å²) in [4.78, 5) is 34.8. The molecule has 2 heterocycles. The lowest BCUT2D eigenvalue weighted by Gasteiger charge is -2.25. The number of carbonyl (C=O) groups is 1. The Kier molecular flexibility index (Phi) is 5.66. The predicted octanol–water partition coefficient (Wildman–Crippen LogP) is -0.325. The quantitative estimate of drug-likeness (QED) is 0.440. The van der Waals surface area contributed by atoms with Crippen LogP contribution >= 0.6 is 0 Å². The van der Waals surface area contributed by atoms with Crippen molar-refractivity contribution in [2.75, 3.05) is 18.4 Å². The molecular formula is C20H25N7O3. The van der Waals surface area contributed by atoms with Crippen LogP contribution in [-0.2, 0) is 29.0 Å². The van der Waals surface area contributed by atoms with E-state index in [4.69, 9.17) is 10.2 Å². The molecule has 1 unspecified atom stereocenters. The lowest BCUT2D eigenvalue weighted by Crippen LogP contribution is -2.53. The van der Waals surface area contributed by atoms with Crippen LogP contribution in [0.25, 0.3) is 0 Å². The van der Waals surface area contributed by atoms with Crippen LogP contribution in [-0.4, -0.2) is 46.7 Å². The zero-order valence-electron chi connectivity index (χ0n) is 16.7. The molecule has 0 saturated carbocycles. The second kappa shape index (κ2) is 8.54. The number of carbonyl (C=O) groups excluding carboxylic acids is 1. The molecule has 1 fully saturated rings. The van der Waals surface area contributed by atoms with Crippen molar-refractivity contribution in [3.05, 3.63) is 57.6 Å². The molecule has 1 aromatic carbocycles. The molecule has 2 aromatic rings. The molecule has 0 spiro atoms. The van der Waals surface area contributed by atoms with E-state index in [2.05, 4.69) is 38.5 Å². The third kappa shape index (κ3) is 4.43. The van der Waals surface area contributed by atoms with Gasteiger partial charge in [-0.3, -0.25) is 24.4 Å². The number of anilines is 1. The number of amides is 1. The zero-order valence-corrected chi connectivity index (χ0v) is 16.7. The van der Waals surface area contributed by atoms with Crippen LogP contribution in [0.15, 0.2) is 35.3 Å². The minimum Gasteiger partial charge on any atom is -0.362 e. The molecule has 1 atom stereocenters. The van der Waals surface area contributed by atoms with Gasteiger partial charge in [-0.1, -0.05) is 24.3 Å². The molecule has 0 bridgehead atoms. The summed E-state index contributed by atoms with van der Waals surface area (Å²) in [5.74, 6) is 0.0468. The number of guanidine groups is 1. The van der Waals surface area contributed by atoms with E-state index in [0.29, 0.717) is 12.2 Å². The molecule has 0 radical (unpaired) electrons. The molecule has 1 saturated heterocycles. The number of fused-ring (bicyclic) bond motifs is 1. The second-order valence-electron chi connectivity index (χ2n) is 7.56. The van der Waals surface area contributed by atoms with E-state index in [-0.39, 0.29) is 48.5 Å². The van der Waals surface area contributed by atoms with Gasteiger partial charge in [0, 0.05) is 31.0 Å². The molecule has 1 aromatic heterocycles. The maximum atomic E-state index is 12.9. The average Bonchev–Trinajstić information content (AvgIpc) is 3.15. The number of hydrogen-bond acceptors (Lipinski definition) is 6. The van der Waals surface area contributed by atoms with E-state index in [0.717, 1.165) is 12.8 Å². The van der Waals surface area contributed by atoms with Crippen LogP contribution in [0.5, 0.6) is 0 Å². The Hall–Kier alpha value is -3.40. The number of hydrogen-bond donors (Lipinski definition) is 5. The third-order valence-electron chi connectivity index (χ3n) is 5.31. The number of nitrogens with zero attached hydrogens (tertiary/aromatic N) is 2. The monoisotopic (exact) mass is 411 g/mol. The van der Waals surface area contributed by atoms with Gasteiger partial charge in [0.05, 0.1) is 0 Å². The van der Waals surface area contributed by atoms with Crippen molar-refractivity contribution in [3.63, 3.8) is 0 Å². The molecule has 30 heavy (non-hydrogen) atoms. The molecule has 1 amide bonds.